The summed E-state index contributed by atoms with van der Waals surface area (Å²) in [6.07, 6.45) is 0. The van der Waals surface area contributed by atoms with Crippen molar-refractivity contribution >= 4 is 17.5 Å². The second-order valence-corrected chi connectivity index (χ2v) is 8.66. The van der Waals surface area contributed by atoms with Crippen molar-refractivity contribution in [1.82, 2.24) is 19.6 Å². The summed E-state index contributed by atoms with van der Waals surface area (Å²) < 4.78 is 1.72. The summed E-state index contributed by atoms with van der Waals surface area (Å²) in [5, 5.41) is 5.39. The third-order valence-electron chi connectivity index (χ3n) is 5.96. The maximum Gasteiger partial charge on any atom is 0.272 e. The molecule has 0 aliphatic carbocycles. The molecule has 0 spiro atoms. The van der Waals surface area contributed by atoms with Gasteiger partial charge in [-0.15, -0.1) is 0 Å². The average molecular weight is 457 g/mol. The smallest absolute Gasteiger partial charge is 0.272 e. The number of aromatic nitrogens is 2. The van der Waals surface area contributed by atoms with E-state index in [0.29, 0.717) is 23.8 Å². The summed E-state index contributed by atoms with van der Waals surface area (Å²) in [5.41, 5.74) is 4.36. The fraction of sp³-hybridized carbons (Fsp3) is 0.185. The van der Waals surface area contributed by atoms with E-state index in [0.717, 1.165) is 36.6 Å². The van der Waals surface area contributed by atoms with Crippen molar-refractivity contribution in [2.24, 2.45) is 0 Å². The topological polar surface area (TPSA) is 41.4 Å². The molecule has 0 N–H and O–H groups in total. The monoisotopic (exact) mass is 456 g/mol. The number of hydrogen-bond acceptors (Lipinski definition) is 3. The number of halogens is 1. The zero-order valence-electron chi connectivity index (χ0n) is 18.3. The molecule has 5 nitrogen and oxygen atoms in total. The molecule has 4 aromatic rings. The fourth-order valence-electron chi connectivity index (χ4n) is 4.20. The molecule has 2 heterocycles. The summed E-state index contributed by atoms with van der Waals surface area (Å²) in [5.74, 6) is -0.0102. The first-order valence-corrected chi connectivity index (χ1v) is 11.5. The van der Waals surface area contributed by atoms with Gasteiger partial charge in [-0.25, -0.2) is 4.68 Å². The van der Waals surface area contributed by atoms with Gasteiger partial charge in [-0.2, -0.15) is 5.10 Å². The van der Waals surface area contributed by atoms with Crippen LogP contribution in [0.5, 0.6) is 0 Å². The molecule has 1 amide bonds. The molecule has 0 atom stereocenters. The van der Waals surface area contributed by atoms with Crippen LogP contribution >= 0.6 is 11.6 Å². The van der Waals surface area contributed by atoms with Gasteiger partial charge in [0.1, 0.15) is 5.69 Å². The Morgan fingerprint density at radius 2 is 1.52 bits per heavy atom. The van der Waals surface area contributed by atoms with Crippen molar-refractivity contribution in [3.8, 4) is 16.9 Å². The lowest BCUT2D eigenvalue weighted by Crippen LogP contribution is -2.48. The van der Waals surface area contributed by atoms with Crippen molar-refractivity contribution in [3.05, 3.63) is 107 Å². The Balaban J connectivity index is 1.39. The number of nitrogens with zero attached hydrogens (tertiary/aromatic N) is 4. The van der Waals surface area contributed by atoms with Gasteiger partial charge in [-0.1, -0.05) is 78.3 Å². The van der Waals surface area contributed by atoms with Crippen LogP contribution in [0.2, 0.25) is 5.02 Å². The van der Waals surface area contributed by atoms with E-state index in [1.165, 1.54) is 5.56 Å². The van der Waals surface area contributed by atoms with E-state index < -0.39 is 0 Å². The molecule has 1 aliphatic heterocycles. The number of piperazine rings is 1. The fourth-order valence-corrected chi connectivity index (χ4v) is 4.39. The first-order chi connectivity index (χ1) is 16.2. The summed E-state index contributed by atoms with van der Waals surface area (Å²) in [6.45, 7) is 3.97. The molecule has 1 fully saturated rings. The van der Waals surface area contributed by atoms with Crippen LogP contribution in [0, 0.1) is 0 Å². The molecular weight excluding hydrogens is 432 g/mol. The number of rotatable bonds is 5. The van der Waals surface area contributed by atoms with E-state index in [4.69, 9.17) is 16.7 Å². The standard InChI is InChI=1S/C27H25ClN4O/c28-23-12-7-13-24(18-23)32-26(19-25(29-32)22-10-5-2-6-11-22)27(33)31-16-14-30(15-17-31)20-21-8-3-1-4-9-21/h1-13,18-19H,14-17,20H2. The predicted molar refractivity (Wildman–Crippen MR) is 132 cm³/mol. The number of carbonyl (C=O) groups excluding carboxylic acids is 1. The molecule has 5 rings (SSSR count). The second kappa shape index (κ2) is 9.61. The van der Waals surface area contributed by atoms with E-state index in [2.05, 4.69) is 29.2 Å². The zero-order valence-corrected chi connectivity index (χ0v) is 19.0. The average Bonchev–Trinajstić information content (AvgIpc) is 3.31. The Kier molecular flexibility index (Phi) is 6.24. The van der Waals surface area contributed by atoms with Gasteiger partial charge in [-0.05, 0) is 29.8 Å². The first-order valence-electron chi connectivity index (χ1n) is 11.1. The number of hydrogen-bond donors (Lipinski definition) is 0. The van der Waals surface area contributed by atoms with E-state index in [1.807, 2.05) is 71.6 Å². The lowest BCUT2D eigenvalue weighted by Gasteiger charge is -2.34. The number of carbonyl (C=O) groups is 1. The van der Waals surface area contributed by atoms with Gasteiger partial charge in [0.05, 0.1) is 11.4 Å². The van der Waals surface area contributed by atoms with Crippen LogP contribution in [-0.2, 0) is 6.54 Å². The van der Waals surface area contributed by atoms with Crippen LogP contribution in [0.15, 0.2) is 91.0 Å². The van der Waals surface area contributed by atoms with Gasteiger partial charge in [0.25, 0.3) is 5.91 Å². The lowest BCUT2D eigenvalue weighted by molar-refractivity contribution is 0.0619. The predicted octanol–water partition coefficient (Wildman–Crippen LogP) is 5.15. The minimum atomic E-state index is -0.0102. The largest absolute Gasteiger partial charge is 0.335 e. The number of amides is 1. The van der Waals surface area contributed by atoms with Gasteiger partial charge < -0.3 is 4.90 Å². The molecule has 1 aliphatic rings. The molecule has 0 radical (unpaired) electrons. The molecule has 166 valence electrons. The highest BCUT2D eigenvalue weighted by molar-refractivity contribution is 6.30. The Labute approximate surface area is 198 Å². The Morgan fingerprint density at radius 1 is 0.818 bits per heavy atom. The van der Waals surface area contributed by atoms with Crippen LogP contribution in [0.4, 0.5) is 0 Å². The third kappa shape index (κ3) is 4.85. The minimum absolute atomic E-state index is 0.0102. The van der Waals surface area contributed by atoms with Gasteiger partial charge in [0, 0.05) is 43.3 Å². The van der Waals surface area contributed by atoms with Crippen molar-refractivity contribution in [3.63, 3.8) is 0 Å². The van der Waals surface area contributed by atoms with E-state index in [1.54, 1.807) is 4.68 Å². The molecule has 1 aromatic heterocycles. The van der Waals surface area contributed by atoms with Crippen LogP contribution in [0.25, 0.3) is 16.9 Å². The van der Waals surface area contributed by atoms with Crippen LogP contribution in [-0.4, -0.2) is 51.7 Å². The van der Waals surface area contributed by atoms with Gasteiger partial charge >= 0.3 is 0 Å². The second-order valence-electron chi connectivity index (χ2n) is 8.23. The molecule has 1 saturated heterocycles. The van der Waals surface area contributed by atoms with Crippen molar-refractivity contribution in [2.45, 2.75) is 6.54 Å². The van der Waals surface area contributed by atoms with E-state index in [9.17, 15) is 4.79 Å². The summed E-state index contributed by atoms with van der Waals surface area (Å²) >= 11 is 6.24. The van der Waals surface area contributed by atoms with E-state index in [-0.39, 0.29) is 5.91 Å². The summed E-state index contributed by atoms with van der Waals surface area (Å²) in [7, 11) is 0. The lowest BCUT2D eigenvalue weighted by atomic mass is 10.1. The quantitative estimate of drug-likeness (QED) is 0.417. The minimum Gasteiger partial charge on any atom is -0.335 e. The van der Waals surface area contributed by atoms with Crippen LogP contribution in [0.3, 0.4) is 0 Å². The van der Waals surface area contributed by atoms with Crippen LogP contribution < -0.4 is 0 Å². The third-order valence-corrected chi connectivity index (χ3v) is 6.19. The summed E-state index contributed by atoms with van der Waals surface area (Å²) in [4.78, 5) is 17.9. The number of benzene rings is 3. The SMILES string of the molecule is O=C(c1cc(-c2ccccc2)nn1-c1cccc(Cl)c1)N1CCN(Cc2ccccc2)CC1. The normalized spacial score (nSPS) is 14.4. The Morgan fingerprint density at radius 3 is 2.21 bits per heavy atom. The van der Waals surface area contributed by atoms with Gasteiger partial charge in [0.15, 0.2) is 0 Å². The highest BCUT2D eigenvalue weighted by Crippen LogP contribution is 2.24. The highest BCUT2D eigenvalue weighted by Gasteiger charge is 2.26. The Bertz CT molecular complexity index is 1230. The van der Waals surface area contributed by atoms with Crippen molar-refractivity contribution < 1.29 is 4.79 Å². The maximum absolute atomic E-state index is 13.6. The highest BCUT2D eigenvalue weighted by atomic mass is 35.5. The molecule has 0 bridgehead atoms. The molecule has 3 aromatic carbocycles. The molecule has 33 heavy (non-hydrogen) atoms. The molecular formula is C27H25ClN4O. The van der Waals surface area contributed by atoms with Crippen LogP contribution in [0.1, 0.15) is 16.1 Å². The van der Waals surface area contributed by atoms with Gasteiger partial charge in [0.2, 0.25) is 0 Å². The first kappa shape index (κ1) is 21.4. The van der Waals surface area contributed by atoms with Gasteiger partial charge in [-0.3, -0.25) is 9.69 Å². The van der Waals surface area contributed by atoms with Crippen molar-refractivity contribution in [2.75, 3.05) is 26.2 Å². The molecule has 0 unspecified atom stereocenters. The van der Waals surface area contributed by atoms with E-state index >= 15 is 0 Å². The summed E-state index contributed by atoms with van der Waals surface area (Å²) in [6, 6.07) is 29.7. The van der Waals surface area contributed by atoms with Crippen molar-refractivity contribution in [1.29, 1.82) is 0 Å². The molecule has 0 saturated carbocycles. The zero-order chi connectivity index (χ0) is 22.6. The Hall–Kier alpha value is -3.41. The maximum atomic E-state index is 13.6. The molecule has 6 heteroatoms.